The number of carbonyl (C=O) groups is 1. The highest BCUT2D eigenvalue weighted by molar-refractivity contribution is 5.77. The zero-order chi connectivity index (χ0) is 20.4. The summed E-state index contributed by atoms with van der Waals surface area (Å²) < 4.78 is 10.6. The van der Waals surface area contributed by atoms with Gasteiger partial charge in [-0.1, -0.05) is 0 Å². The first-order valence-electron chi connectivity index (χ1n) is 10.7. The zero-order valence-electron chi connectivity index (χ0n) is 17.6. The quantitative estimate of drug-likeness (QED) is 0.770. The third-order valence-corrected chi connectivity index (χ3v) is 6.12. The smallest absolute Gasteiger partial charge is 0.225 e. The number of methoxy groups -OCH3 is 1. The van der Waals surface area contributed by atoms with Crippen LogP contribution in [0.15, 0.2) is 6.07 Å². The second-order valence-electron chi connectivity index (χ2n) is 8.30. The number of piperazine rings is 1. The number of aromatic nitrogens is 1. The van der Waals surface area contributed by atoms with Gasteiger partial charge in [-0.2, -0.15) is 0 Å². The molecule has 0 aromatic carbocycles. The number of hydrogen-bond acceptors (Lipinski definition) is 7. The molecule has 160 valence electrons. The molecule has 2 N–H and O–H groups in total. The van der Waals surface area contributed by atoms with Crippen molar-refractivity contribution >= 4 is 23.1 Å². The summed E-state index contributed by atoms with van der Waals surface area (Å²) in [5, 5.41) is 0. The number of morpholine rings is 1. The van der Waals surface area contributed by atoms with Gasteiger partial charge >= 0.3 is 0 Å². The molecule has 29 heavy (non-hydrogen) atoms. The van der Waals surface area contributed by atoms with Crippen LogP contribution in [0.4, 0.5) is 17.2 Å². The van der Waals surface area contributed by atoms with Gasteiger partial charge in [-0.15, -0.1) is 0 Å². The summed E-state index contributed by atoms with van der Waals surface area (Å²) in [6.07, 6.45) is 2.83. The van der Waals surface area contributed by atoms with Gasteiger partial charge in [0.25, 0.3) is 0 Å². The maximum Gasteiger partial charge on any atom is 0.225 e. The van der Waals surface area contributed by atoms with Crippen molar-refractivity contribution in [1.29, 1.82) is 0 Å². The summed E-state index contributed by atoms with van der Waals surface area (Å²) in [4.78, 5) is 24.1. The molecule has 1 atom stereocenters. The van der Waals surface area contributed by atoms with Crippen LogP contribution in [0.1, 0.15) is 37.8 Å². The van der Waals surface area contributed by atoms with E-state index in [0.29, 0.717) is 25.5 Å². The van der Waals surface area contributed by atoms with Crippen LogP contribution in [0.3, 0.4) is 0 Å². The van der Waals surface area contributed by atoms with Gasteiger partial charge in [-0.3, -0.25) is 4.79 Å². The molecule has 2 aliphatic heterocycles. The van der Waals surface area contributed by atoms with Crippen LogP contribution in [-0.4, -0.2) is 81.5 Å². The number of nitrogens with zero attached hydrogens (tertiary/aromatic N) is 4. The molecule has 8 heteroatoms. The monoisotopic (exact) mass is 403 g/mol. The number of nitrogens with two attached hydrogens (primary N) is 1. The average molecular weight is 404 g/mol. The molecule has 1 amide bonds. The lowest BCUT2D eigenvalue weighted by molar-refractivity contribution is -0.134. The Labute approximate surface area is 172 Å². The number of rotatable bonds is 6. The van der Waals surface area contributed by atoms with Crippen LogP contribution in [0.2, 0.25) is 0 Å². The Morgan fingerprint density at radius 3 is 2.66 bits per heavy atom. The van der Waals surface area contributed by atoms with Crippen molar-refractivity contribution in [3.05, 3.63) is 11.8 Å². The topological polar surface area (TPSA) is 84.2 Å². The Morgan fingerprint density at radius 1 is 1.24 bits per heavy atom. The predicted octanol–water partition coefficient (Wildman–Crippen LogP) is 1.45. The van der Waals surface area contributed by atoms with Crippen LogP contribution in [0.25, 0.3) is 0 Å². The van der Waals surface area contributed by atoms with Gasteiger partial charge in [0, 0.05) is 51.8 Å². The number of ether oxygens (including phenoxy) is 2. The van der Waals surface area contributed by atoms with E-state index >= 15 is 0 Å². The van der Waals surface area contributed by atoms with Gasteiger partial charge in [0.2, 0.25) is 5.91 Å². The summed E-state index contributed by atoms with van der Waals surface area (Å²) >= 11 is 0. The van der Waals surface area contributed by atoms with E-state index in [0.717, 1.165) is 50.9 Å². The number of nitrogen functional groups attached to an aromatic ring is 1. The fourth-order valence-corrected chi connectivity index (χ4v) is 4.34. The molecule has 2 saturated heterocycles. The van der Waals surface area contributed by atoms with E-state index in [1.165, 1.54) is 24.2 Å². The van der Waals surface area contributed by atoms with E-state index in [-0.39, 0.29) is 11.9 Å². The SMILES string of the molecule is COCCC(=O)N1CCN(c2nc(C3CC3)c(N3CCOCC3)cc2N)C[C@H]1C. The first-order valence-corrected chi connectivity index (χ1v) is 10.7. The first kappa shape index (κ1) is 20.2. The van der Waals surface area contributed by atoms with E-state index in [4.69, 9.17) is 20.2 Å². The first-order chi connectivity index (χ1) is 14.1. The van der Waals surface area contributed by atoms with Gasteiger partial charge in [-0.05, 0) is 25.8 Å². The molecule has 1 aromatic heterocycles. The molecule has 0 radical (unpaired) electrons. The molecule has 0 bridgehead atoms. The highest BCUT2D eigenvalue weighted by Crippen LogP contribution is 2.45. The summed E-state index contributed by atoms with van der Waals surface area (Å²) in [6.45, 7) is 8.03. The van der Waals surface area contributed by atoms with Gasteiger partial charge in [0.1, 0.15) is 0 Å². The molecular weight excluding hydrogens is 370 g/mol. The summed E-state index contributed by atoms with van der Waals surface area (Å²) in [5.41, 5.74) is 9.58. The van der Waals surface area contributed by atoms with Crippen LogP contribution >= 0.6 is 0 Å². The second kappa shape index (κ2) is 8.75. The van der Waals surface area contributed by atoms with E-state index in [2.05, 4.69) is 22.8 Å². The van der Waals surface area contributed by atoms with E-state index in [1.807, 2.05) is 4.90 Å². The number of anilines is 3. The van der Waals surface area contributed by atoms with Crippen LogP contribution in [-0.2, 0) is 14.3 Å². The molecule has 1 aliphatic carbocycles. The number of carbonyl (C=O) groups excluding carboxylic acids is 1. The Bertz CT molecular complexity index is 733. The van der Waals surface area contributed by atoms with Crippen molar-refractivity contribution in [3.8, 4) is 0 Å². The highest BCUT2D eigenvalue weighted by Gasteiger charge is 2.33. The van der Waals surface area contributed by atoms with Crippen LogP contribution in [0.5, 0.6) is 0 Å². The lowest BCUT2D eigenvalue weighted by Gasteiger charge is -2.41. The van der Waals surface area contributed by atoms with Crippen molar-refractivity contribution in [2.75, 3.05) is 75.2 Å². The lowest BCUT2D eigenvalue weighted by Crippen LogP contribution is -2.54. The Morgan fingerprint density at radius 2 is 2.00 bits per heavy atom. The average Bonchev–Trinajstić information content (AvgIpc) is 3.57. The molecule has 0 unspecified atom stereocenters. The summed E-state index contributed by atoms with van der Waals surface area (Å²) in [5.74, 6) is 1.57. The van der Waals surface area contributed by atoms with E-state index < -0.39 is 0 Å². The minimum Gasteiger partial charge on any atom is -0.396 e. The fourth-order valence-electron chi connectivity index (χ4n) is 4.34. The van der Waals surface area contributed by atoms with Crippen molar-refractivity contribution in [3.63, 3.8) is 0 Å². The fraction of sp³-hybridized carbons (Fsp3) is 0.714. The van der Waals surface area contributed by atoms with Gasteiger partial charge < -0.3 is 29.9 Å². The van der Waals surface area contributed by atoms with Gasteiger partial charge in [0.05, 0.1) is 43.3 Å². The number of hydrogen-bond donors (Lipinski definition) is 1. The van der Waals surface area contributed by atoms with E-state index in [9.17, 15) is 4.79 Å². The Kier molecular flexibility index (Phi) is 6.10. The number of amides is 1. The zero-order valence-corrected chi connectivity index (χ0v) is 17.6. The molecule has 3 heterocycles. The van der Waals surface area contributed by atoms with Gasteiger partial charge in [0.15, 0.2) is 5.82 Å². The maximum absolute atomic E-state index is 12.4. The molecule has 4 rings (SSSR count). The normalized spacial score (nSPS) is 22.8. The Balaban J connectivity index is 1.51. The van der Waals surface area contributed by atoms with Crippen LogP contribution < -0.4 is 15.5 Å². The van der Waals surface area contributed by atoms with Crippen molar-refractivity contribution in [2.24, 2.45) is 0 Å². The van der Waals surface area contributed by atoms with Crippen molar-refractivity contribution in [1.82, 2.24) is 9.88 Å². The standard InChI is InChI=1S/C21H33N5O3/c1-15-14-25(6-7-26(15)19(27)5-10-28-2)21-17(22)13-18(20(23-21)16-3-4-16)24-8-11-29-12-9-24/h13,15-16H,3-12,14,22H2,1-2H3/t15-/m1/s1. The summed E-state index contributed by atoms with van der Waals surface area (Å²) in [6, 6.07) is 2.24. The molecule has 1 aromatic rings. The maximum atomic E-state index is 12.4. The minimum absolute atomic E-state index is 0.123. The molecular formula is C21H33N5O3. The highest BCUT2D eigenvalue weighted by atomic mass is 16.5. The molecule has 3 fully saturated rings. The largest absolute Gasteiger partial charge is 0.396 e. The molecule has 1 saturated carbocycles. The number of pyridine rings is 1. The minimum atomic E-state index is 0.123. The van der Waals surface area contributed by atoms with Crippen molar-refractivity contribution in [2.45, 2.75) is 38.1 Å². The lowest BCUT2D eigenvalue weighted by atomic mass is 10.1. The van der Waals surface area contributed by atoms with Gasteiger partial charge in [-0.25, -0.2) is 4.98 Å². The molecule has 8 nitrogen and oxygen atoms in total. The molecule has 3 aliphatic rings. The van der Waals surface area contributed by atoms with Crippen LogP contribution in [0, 0.1) is 0 Å². The molecule has 0 spiro atoms. The summed E-state index contributed by atoms with van der Waals surface area (Å²) in [7, 11) is 1.63. The third-order valence-electron chi connectivity index (χ3n) is 6.12. The van der Waals surface area contributed by atoms with Crippen molar-refractivity contribution < 1.29 is 14.3 Å². The third kappa shape index (κ3) is 4.43. The Hall–Kier alpha value is -2.06. The second-order valence-corrected chi connectivity index (χ2v) is 8.30. The predicted molar refractivity (Wildman–Crippen MR) is 114 cm³/mol. The van der Waals surface area contributed by atoms with E-state index in [1.54, 1.807) is 7.11 Å².